The Morgan fingerprint density at radius 3 is 3.16 bits per heavy atom. The minimum absolute atomic E-state index is 0.0218. The van der Waals surface area contributed by atoms with Crippen molar-refractivity contribution in [3.63, 3.8) is 0 Å². The van der Waals surface area contributed by atoms with Gasteiger partial charge in [0.25, 0.3) is 0 Å². The third-order valence-corrected chi connectivity index (χ3v) is 3.34. The van der Waals surface area contributed by atoms with Crippen LogP contribution in [0.3, 0.4) is 0 Å². The molecule has 0 bridgehead atoms. The lowest BCUT2D eigenvalue weighted by atomic mass is 10.3. The highest BCUT2D eigenvalue weighted by Crippen LogP contribution is 2.10. The smallest absolute Gasteiger partial charge is 0.227 e. The normalized spacial score (nSPS) is 10.6. The Morgan fingerprint density at radius 2 is 2.42 bits per heavy atom. The van der Waals surface area contributed by atoms with Crippen LogP contribution < -0.4 is 10.6 Å². The summed E-state index contributed by atoms with van der Waals surface area (Å²) in [7, 11) is 0. The van der Waals surface area contributed by atoms with E-state index in [-0.39, 0.29) is 5.91 Å². The van der Waals surface area contributed by atoms with E-state index in [1.165, 1.54) is 11.3 Å². The summed E-state index contributed by atoms with van der Waals surface area (Å²) in [6.07, 6.45) is 5.75. The van der Waals surface area contributed by atoms with Gasteiger partial charge in [-0.05, 0) is 6.92 Å². The molecule has 0 aromatic carbocycles. The Bertz CT molecular complexity index is 508. The minimum atomic E-state index is -0.0218. The summed E-state index contributed by atoms with van der Waals surface area (Å²) in [5.41, 5.74) is 1.13. The van der Waals surface area contributed by atoms with Gasteiger partial charge in [0, 0.05) is 43.8 Å². The molecule has 0 atom stereocenters. The van der Waals surface area contributed by atoms with E-state index in [0.29, 0.717) is 18.1 Å². The number of amides is 1. The number of thiazole rings is 1. The zero-order valence-electron chi connectivity index (χ0n) is 10.8. The van der Waals surface area contributed by atoms with Gasteiger partial charge in [0.1, 0.15) is 0 Å². The highest BCUT2D eigenvalue weighted by molar-refractivity contribution is 7.13. The molecule has 1 amide bonds. The maximum absolute atomic E-state index is 11.6. The van der Waals surface area contributed by atoms with Crippen molar-refractivity contribution in [3.05, 3.63) is 29.8 Å². The molecule has 0 aliphatic rings. The SMILES string of the molecule is CCn1cncc1CNCCC(=O)Nc1nccs1. The van der Waals surface area contributed by atoms with E-state index in [0.717, 1.165) is 18.8 Å². The fraction of sp³-hybridized carbons (Fsp3) is 0.417. The van der Waals surface area contributed by atoms with E-state index in [4.69, 9.17) is 0 Å². The van der Waals surface area contributed by atoms with Gasteiger partial charge < -0.3 is 15.2 Å². The van der Waals surface area contributed by atoms with Gasteiger partial charge in [-0.1, -0.05) is 0 Å². The summed E-state index contributed by atoms with van der Waals surface area (Å²) in [6, 6.07) is 0. The Kier molecular flexibility index (Phi) is 5.05. The lowest BCUT2D eigenvalue weighted by molar-refractivity contribution is -0.116. The number of carbonyl (C=O) groups excluding carboxylic acids is 1. The highest BCUT2D eigenvalue weighted by Gasteiger charge is 2.04. The molecule has 2 aromatic rings. The lowest BCUT2D eigenvalue weighted by Crippen LogP contribution is -2.22. The fourth-order valence-electron chi connectivity index (χ4n) is 1.67. The zero-order valence-corrected chi connectivity index (χ0v) is 11.6. The van der Waals surface area contributed by atoms with Gasteiger partial charge in [-0.3, -0.25) is 4.79 Å². The number of nitrogens with one attached hydrogen (secondary N) is 2. The molecule has 0 saturated heterocycles. The van der Waals surface area contributed by atoms with Gasteiger partial charge in [0.15, 0.2) is 5.13 Å². The minimum Gasteiger partial charge on any atom is -0.334 e. The standard InChI is InChI=1S/C12H17N5OS/c1-2-17-9-14-8-10(17)7-13-4-3-11(18)16-12-15-5-6-19-12/h5-6,8-9,13H,2-4,7H2,1H3,(H,15,16,18). The molecule has 0 saturated carbocycles. The van der Waals surface area contributed by atoms with Crippen molar-refractivity contribution in [2.45, 2.75) is 26.4 Å². The molecule has 2 rings (SSSR count). The quantitative estimate of drug-likeness (QED) is 0.753. The predicted octanol–water partition coefficient (Wildman–Crippen LogP) is 1.48. The van der Waals surface area contributed by atoms with Crippen LogP contribution in [0, 0.1) is 0 Å². The van der Waals surface area contributed by atoms with Crippen LogP contribution in [-0.2, 0) is 17.9 Å². The number of nitrogens with zero attached hydrogens (tertiary/aromatic N) is 3. The van der Waals surface area contributed by atoms with Crippen molar-refractivity contribution >= 4 is 22.4 Å². The van der Waals surface area contributed by atoms with E-state index >= 15 is 0 Å². The van der Waals surface area contributed by atoms with Crippen molar-refractivity contribution < 1.29 is 4.79 Å². The molecule has 102 valence electrons. The molecule has 2 N–H and O–H groups in total. The molecule has 0 unspecified atom stereocenters. The molecule has 0 aliphatic heterocycles. The zero-order chi connectivity index (χ0) is 13.5. The summed E-state index contributed by atoms with van der Waals surface area (Å²) in [6.45, 7) is 4.33. The maximum atomic E-state index is 11.6. The second kappa shape index (κ2) is 7.01. The predicted molar refractivity (Wildman–Crippen MR) is 75.0 cm³/mol. The summed E-state index contributed by atoms with van der Waals surface area (Å²) in [4.78, 5) is 19.7. The average Bonchev–Trinajstić information content (AvgIpc) is 3.05. The van der Waals surface area contributed by atoms with E-state index in [9.17, 15) is 4.79 Å². The third kappa shape index (κ3) is 4.15. The number of carbonyl (C=O) groups is 1. The van der Waals surface area contributed by atoms with Gasteiger partial charge in [0.05, 0.1) is 12.0 Å². The molecule has 7 heteroatoms. The van der Waals surface area contributed by atoms with Crippen LogP contribution in [0.5, 0.6) is 0 Å². The topological polar surface area (TPSA) is 71.8 Å². The van der Waals surface area contributed by atoms with Crippen molar-refractivity contribution in [2.24, 2.45) is 0 Å². The average molecular weight is 279 g/mol. The van der Waals surface area contributed by atoms with Crippen molar-refractivity contribution in [2.75, 3.05) is 11.9 Å². The van der Waals surface area contributed by atoms with Crippen molar-refractivity contribution in [3.8, 4) is 0 Å². The van der Waals surface area contributed by atoms with Crippen LogP contribution in [0.25, 0.3) is 0 Å². The first-order valence-electron chi connectivity index (χ1n) is 6.18. The highest BCUT2D eigenvalue weighted by atomic mass is 32.1. The Balaban J connectivity index is 1.65. The monoisotopic (exact) mass is 279 g/mol. The summed E-state index contributed by atoms with van der Waals surface area (Å²) in [5, 5.41) is 8.46. The first-order chi connectivity index (χ1) is 9.29. The second-order valence-corrected chi connectivity index (χ2v) is 4.88. The van der Waals surface area contributed by atoms with E-state index in [2.05, 4.69) is 32.1 Å². The van der Waals surface area contributed by atoms with E-state index in [1.54, 1.807) is 6.20 Å². The Morgan fingerprint density at radius 1 is 1.53 bits per heavy atom. The molecule has 2 heterocycles. The van der Waals surface area contributed by atoms with Crippen molar-refractivity contribution in [1.29, 1.82) is 0 Å². The maximum Gasteiger partial charge on any atom is 0.227 e. The summed E-state index contributed by atoms with van der Waals surface area (Å²) < 4.78 is 2.07. The van der Waals surface area contributed by atoms with Crippen LogP contribution in [0.15, 0.2) is 24.1 Å². The van der Waals surface area contributed by atoms with Crippen LogP contribution in [-0.4, -0.2) is 27.0 Å². The molecule has 0 aliphatic carbocycles. The van der Waals surface area contributed by atoms with E-state index < -0.39 is 0 Å². The summed E-state index contributed by atoms with van der Waals surface area (Å²) in [5.74, 6) is -0.0218. The number of imidazole rings is 1. The molecule has 2 aromatic heterocycles. The van der Waals surface area contributed by atoms with Gasteiger partial charge in [-0.2, -0.15) is 0 Å². The van der Waals surface area contributed by atoms with Gasteiger partial charge in [-0.25, -0.2) is 9.97 Å². The molecular formula is C12H17N5OS. The largest absolute Gasteiger partial charge is 0.334 e. The van der Waals surface area contributed by atoms with Gasteiger partial charge >= 0.3 is 0 Å². The molecular weight excluding hydrogens is 262 g/mol. The molecule has 19 heavy (non-hydrogen) atoms. The fourth-order valence-corrected chi connectivity index (χ4v) is 2.21. The van der Waals surface area contributed by atoms with E-state index in [1.807, 2.05) is 17.9 Å². The Labute approximate surface area is 115 Å². The molecule has 0 fully saturated rings. The van der Waals surface area contributed by atoms with Gasteiger partial charge in [-0.15, -0.1) is 11.3 Å². The lowest BCUT2D eigenvalue weighted by Gasteiger charge is -2.06. The number of aryl methyl sites for hydroxylation is 1. The van der Waals surface area contributed by atoms with Crippen LogP contribution in [0.4, 0.5) is 5.13 Å². The van der Waals surface area contributed by atoms with Crippen molar-refractivity contribution in [1.82, 2.24) is 19.9 Å². The van der Waals surface area contributed by atoms with Gasteiger partial charge in [0.2, 0.25) is 5.91 Å². The second-order valence-electron chi connectivity index (χ2n) is 3.98. The first kappa shape index (κ1) is 13.7. The number of hydrogen-bond donors (Lipinski definition) is 2. The number of aromatic nitrogens is 3. The summed E-state index contributed by atoms with van der Waals surface area (Å²) >= 11 is 1.42. The number of rotatable bonds is 7. The number of hydrogen-bond acceptors (Lipinski definition) is 5. The van der Waals surface area contributed by atoms with Crippen LogP contribution in [0.2, 0.25) is 0 Å². The molecule has 0 radical (unpaired) electrons. The van der Waals surface area contributed by atoms with Crippen LogP contribution >= 0.6 is 11.3 Å². The number of anilines is 1. The third-order valence-electron chi connectivity index (χ3n) is 2.65. The Hall–Kier alpha value is -1.73. The molecule has 6 nitrogen and oxygen atoms in total. The molecule has 0 spiro atoms. The van der Waals surface area contributed by atoms with Crippen LogP contribution in [0.1, 0.15) is 19.0 Å². The first-order valence-corrected chi connectivity index (χ1v) is 7.06.